The fraction of sp³-hybridized carbons (Fsp3) is 0.389. The maximum Gasteiger partial charge on any atom is 0.0450 e. The van der Waals surface area contributed by atoms with E-state index in [1.165, 1.54) is 16.7 Å². The van der Waals surface area contributed by atoms with Crippen LogP contribution in [0.4, 0.5) is 0 Å². The molecule has 0 saturated carbocycles. The number of nitrogens with zero attached hydrogens (tertiary/aromatic N) is 1. The van der Waals surface area contributed by atoms with Crippen LogP contribution in [0.5, 0.6) is 0 Å². The molecule has 0 saturated heterocycles. The highest BCUT2D eigenvalue weighted by Crippen LogP contribution is 2.31. The third-order valence-corrected chi connectivity index (χ3v) is 3.85. The Morgan fingerprint density at radius 2 is 1.95 bits per heavy atom. The van der Waals surface area contributed by atoms with Gasteiger partial charge in [0.05, 0.1) is 0 Å². The predicted octanol–water partition coefficient (Wildman–Crippen LogP) is 4.15. The molecular weight excluding hydrogens is 244 g/mol. The van der Waals surface area contributed by atoms with Crippen LogP contribution in [0.25, 0.3) is 0 Å². The first-order chi connectivity index (χ1) is 9.63. The second kappa shape index (κ2) is 6.67. The van der Waals surface area contributed by atoms with Gasteiger partial charge in [-0.2, -0.15) is 0 Å². The van der Waals surface area contributed by atoms with Crippen molar-refractivity contribution in [2.45, 2.75) is 39.7 Å². The summed E-state index contributed by atoms with van der Waals surface area (Å²) in [4.78, 5) is 4.52. The van der Waals surface area contributed by atoms with E-state index in [0.717, 1.165) is 12.2 Å². The maximum atomic E-state index is 4.52. The molecule has 0 spiro atoms. The maximum absolute atomic E-state index is 4.52. The standard InChI is InChI=1S/C18H24N2/c1-5-19-18(15(4)17-8-6-7-11-20-17)16-12-13(2)9-10-14(16)3/h6-12,15,18-19H,5H2,1-4H3. The van der Waals surface area contributed by atoms with Gasteiger partial charge in [0.2, 0.25) is 0 Å². The predicted molar refractivity (Wildman–Crippen MR) is 85.0 cm³/mol. The molecule has 106 valence electrons. The van der Waals surface area contributed by atoms with Crippen molar-refractivity contribution in [2.24, 2.45) is 0 Å². The molecule has 20 heavy (non-hydrogen) atoms. The summed E-state index contributed by atoms with van der Waals surface area (Å²) in [6.45, 7) is 9.69. The van der Waals surface area contributed by atoms with Crippen molar-refractivity contribution in [3.05, 3.63) is 65.0 Å². The molecule has 0 bridgehead atoms. The summed E-state index contributed by atoms with van der Waals surface area (Å²) >= 11 is 0. The van der Waals surface area contributed by atoms with Crippen molar-refractivity contribution in [3.8, 4) is 0 Å². The molecule has 2 nitrogen and oxygen atoms in total. The van der Waals surface area contributed by atoms with Crippen LogP contribution in [0.2, 0.25) is 0 Å². The van der Waals surface area contributed by atoms with E-state index in [1.807, 2.05) is 12.3 Å². The Morgan fingerprint density at radius 3 is 2.60 bits per heavy atom. The minimum absolute atomic E-state index is 0.301. The average Bonchev–Trinajstić information content (AvgIpc) is 2.48. The molecule has 0 aliphatic heterocycles. The molecule has 1 N–H and O–H groups in total. The number of hydrogen-bond acceptors (Lipinski definition) is 2. The molecule has 1 heterocycles. The molecular formula is C18H24N2. The lowest BCUT2D eigenvalue weighted by Crippen LogP contribution is -2.27. The lowest BCUT2D eigenvalue weighted by atomic mass is 9.88. The minimum Gasteiger partial charge on any atom is -0.310 e. The van der Waals surface area contributed by atoms with E-state index in [1.54, 1.807) is 0 Å². The van der Waals surface area contributed by atoms with Crippen molar-refractivity contribution in [3.63, 3.8) is 0 Å². The van der Waals surface area contributed by atoms with Crippen LogP contribution in [-0.2, 0) is 0 Å². The summed E-state index contributed by atoms with van der Waals surface area (Å²) in [6, 6.07) is 13.1. The Balaban J connectivity index is 2.38. The van der Waals surface area contributed by atoms with Crippen LogP contribution < -0.4 is 5.32 Å². The first-order valence-electron chi connectivity index (χ1n) is 7.35. The normalized spacial score (nSPS) is 14.0. The fourth-order valence-electron chi connectivity index (χ4n) is 2.69. The highest BCUT2D eigenvalue weighted by atomic mass is 14.9. The van der Waals surface area contributed by atoms with Crippen LogP contribution in [-0.4, -0.2) is 11.5 Å². The van der Waals surface area contributed by atoms with Gasteiger partial charge in [-0.25, -0.2) is 0 Å². The highest BCUT2D eigenvalue weighted by molar-refractivity contribution is 5.35. The summed E-state index contributed by atoms with van der Waals surface area (Å²) < 4.78 is 0. The number of nitrogens with one attached hydrogen (secondary N) is 1. The molecule has 2 unspecified atom stereocenters. The summed E-state index contributed by atoms with van der Waals surface area (Å²) in [5.41, 5.74) is 5.16. The van der Waals surface area contributed by atoms with Gasteiger partial charge in [0.1, 0.15) is 0 Å². The van der Waals surface area contributed by atoms with Crippen LogP contribution in [0, 0.1) is 13.8 Å². The van der Waals surface area contributed by atoms with Gasteiger partial charge in [0.15, 0.2) is 0 Å². The summed E-state index contributed by atoms with van der Waals surface area (Å²) in [6.07, 6.45) is 1.87. The zero-order valence-corrected chi connectivity index (χ0v) is 12.9. The SMILES string of the molecule is CCNC(c1cc(C)ccc1C)C(C)c1ccccn1. The molecule has 0 radical (unpaired) electrons. The monoisotopic (exact) mass is 268 g/mol. The van der Waals surface area contributed by atoms with E-state index in [4.69, 9.17) is 0 Å². The Kier molecular flexibility index (Phi) is 4.91. The molecule has 0 aliphatic rings. The smallest absolute Gasteiger partial charge is 0.0450 e. The lowest BCUT2D eigenvalue weighted by molar-refractivity contribution is 0.470. The Hall–Kier alpha value is -1.67. The highest BCUT2D eigenvalue weighted by Gasteiger charge is 2.22. The number of rotatable bonds is 5. The van der Waals surface area contributed by atoms with Crippen LogP contribution >= 0.6 is 0 Å². The van der Waals surface area contributed by atoms with Gasteiger partial charge in [-0.3, -0.25) is 4.98 Å². The van der Waals surface area contributed by atoms with Gasteiger partial charge >= 0.3 is 0 Å². The van der Waals surface area contributed by atoms with Gasteiger partial charge in [-0.15, -0.1) is 0 Å². The van der Waals surface area contributed by atoms with Gasteiger partial charge in [-0.1, -0.05) is 43.7 Å². The number of pyridine rings is 1. The molecule has 2 atom stereocenters. The molecule has 1 aromatic heterocycles. The summed E-state index contributed by atoms with van der Waals surface area (Å²) in [5.74, 6) is 0.344. The van der Waals surface area contributed by atoms with Gasteiger partial charge in [0, 0.05) is 23.9 Å². The first kappa shape index (κ1) is 14.7. The second-order valence-corrected chi connectivity index (χ2v) is 5.44. The molecule has 0 aliphatic carbocycles. The number of aromatic nitrogens is 1. The van der Waals surface area contributed by atoms with Crippen molar-refractivity contribution >= 4 is 0 Å². The van der Waals surface area contributed by atoms with E-state index in [9.17, 15) is 0 Å². The Morgan fingerprint density at radius 1 is 1.15 bits per heavy atom. The van der Waals surface area contributed by atoms with Crippen LogP contribution in [0.1, 0.15) is 48.2 Å². The van der Waals surface area contributed by atoms with E-state index < -0.39 is 0 Å². The van der Waals surface area contributed by atoms with Crippen molar-refractivity contribution in [2.75, 3.05) is 6.54 Å². The van der Waals surface area contributed by atoms with E-state index in [0.29, 0.717) is 12.0 Å². The number of aryl methyl sites for hydroxylation is 2. The largest absolute Gasteiger partial charge is 0.310 e. The quantitative estimate of drug-likeness (QED) is 0.881. The van der Waals surface area contributed by atoms with Crippen molar-refractivity contribution < 1.29 is 0 Å². The average molecular weight is 268 g/mol. The van der Waals surface area contributed by atoms with E-state index in [-0.39, 0.29) is 0 Å². The number of benzene rings is 1. The molecule has 0 amide bonds. The van der Waals surface area contributed by atoms with E-state index >= 15 is 0 Å². The number of hydrogen-bond donors (Lipinski definition) is 1. The van der Waals surface area contributed by atoms with Gasteiger partial charge in [0.25, 0.3) is 0 Å². The zero-order chi connectivity index (χ0) is 14.5. The van der Waals surface area contributed by atoms with Crippen LogP contribution in [0.3, 0.4) is 0 Å². The molecule has 0 fully saturated rings. The van der Waals surface area contributed by atoms with Crippen molar-refractivity contribution in [1.29, 1.82) is 0 Å². The zero-order valence-electron chi connectivity index (χ0n) is 12.9. The third-order valence-electron chi connectivity index (χ3n) is 3.85. The van der Waals surface area contributed by atoms with E-state index in [2.05, 4.69) is 68.3 Å². The summed E-state index contributed by atoms with van der Waals surface area (Å²) in [7, 11) is 0. The lowest BCUT2D eigenvalue weighted by Gasteiger charge is -2.27. The minimum atomic E-state index is 0.301. The third kappa shape index (κ3) is 3.26. The molecule has 1 aromatic carbocycles. The van der Waals surface area contributed by atoms with Crippen LogP contribution in [0.15, 0.2) is 42.6 Å². The molecule has 2 aromatic rings. The van der Waals surface area contributed by atoms with Crippen molar-refractivity contribution in [1.82, 2.24) is 10.3 Å². The first-order valence-corrected chi connectivity index (χ1v) is 7.35. The Bertz CT molecular complexity index is 549. The molecule has 2 rings (SSSR count). The number of likely N-dealkylation sites (N-methyl/N-ethyl adjacent to an activating group) is 1. The fourth-order valence-corrected chi connectivity index (χ4v) is 2.69. The van der Waals surface area contributed by atoms with Gasteiger partial charge < -0.3 is 5.32 Å². The topological polar surface area (TPSA) is 24.9 Å². The molecule has 2 heteroatoms. The van der Waals surface area contributed by atoms with Gasteiger partial charge in [-0.05, 0) is 43.7 Å². The second-order valence-electron chi connectivity index (χ2n) is 5.44. The Labute approximate surface area is 122 Å². The summed E-state index contributed by atoms with van der Waals surface area (Å²) in [5, 5.41) is 3.63.